The predicted octanol–water partition coefficient (Wildman–Crippen LogP) is 4.40. The molecule has 31 heavy (non-hydrogen) atoms. The Hall–Kier alpha value is -2.67. The van der Waals surface area contributed by atoms with Crippen molar-refractivity contribution >= 4 is 22.9 Å². The quantitative estimate of drug-likeness (QED) is 0.532. The molecule has 0 radical (unpaired) electrons. The second-order valence-electron chi connectivity index (χ2n) is 8.81. The van der Waals surface area contributed by atoms with Crippen LogP contribution < -0.4 is 10.2 Å². The van der Waals surface area contributed by atoms with Gasteiger partial charge in [-0.2, -0.15) is 9.97 Å². The van der Waals surface area contributed by atoms with E-state index in [1.807, 2.05) is 12.4 Å². The lowest BCUT2D eigenvalue weighted by Gasteiger charge is -2.25. The first-order chi connectivity index (χ1) is 15.1. The Kier molecular flexibility index (Phi) is 6.70. The molecule has 2 N–H and O–H groups in total. The minimum atomic E-state index is -0.0997. The van der Waals surface area contributed by atoms with Crippen LogP contribution in [0.5, 0.6) is 0 Å². The third kappa shape index (κ3) is 4.66. The molecule has 0 unspecified atom stereocenters. The predicted molar refractivity (Wildman–Crippen MR) is 125 cm³/mol. The van der Waals surface area contributed by atoms with Gasteiger partial charge in [0.05, 0.1) is 19.0 Å². The number of aliphatic hydroxyl groups excluding tert-OH is 1. The molecule has 166 valence electrons. The largest absolute Gasteiger partial charge is 0.394 e. The topological polar surface area (TPSA) is 79.1 Å². The first-order valence-electron chi connectivity index (χ1n) is 11.5. The van der Waals surface area contributed by atoms with E-state index in [0.717, 1.165) is 30.1 Å². The highest BCUT2D eigenvalue weighted by Gasteiger charge is 2.24. The molecule has 1 aliphatic carbocycles. The molecule has 3 aromatic rings. The van der Waals surface area contributed by atoms with Gasteiger partial charge in [0.1, 0.15) is 0 Å². The van der Waals surface area contributed by atoms with Gasteiger partial charge in [-0.15, -0.1) is 0 Å². The van der Waals surface area contributed by atoms with Crippen LogP contribution in [0, 0.1) is 5.92 Å². The Morgan fingerprint density at radius 3 is 2.55 bits per heavy atom. The van der Waals surface area contributed by atoms with Crippen molar-refractivity contribution in [1.29, 1.82) is 0 Å². The van der Waals surface area contributed by atoms with Gasteiger partial charge in [0.25, 0.3) is 0 Å². The highest BCUT2D eigenvalue weighted by molar-refractivity contribution is 5.85. The number of nitrogens with one attached hydrogen (secondary N) is 1. The zero-order chi connectivity index (χ0) is 21.8. The van der Waals surface area contributed by atoms with Crippen molar-refractivity contribution in [3.8, 4) is 0 Å². The minimum absolute atomic E-state index is 0.0395. The Balaban J connectivity index is 1.77. The summed E-state index contributed by atoms with van der Waals surface area (Å²) in [7, 11) is 0. The number of aliphatic hydroxyl groups is 1. The Bertz CT molecular complexity index is 980. The van der Waals surface area contributed by atoms with Crippen LogP contribution in [0.1, 0.15) is 58.1 Å². The number of rotatable bonds is 9. The summed E-state index contributed by atoms with van der Waals surface area (Å²) in [5.41, 5.74) is 2.96. The molecule has 2 aromatic heterocycles. The van der Waals surface area contributed by atoms with Crippen molar-refractivity contribution in [2.45, 2.75) is 65.1 Å². The highest BCUT2D eigenvalue weighted by atomic mass is 16.3. The summed E-state index contributed by atoms with van der Waals surface area (Å²) in [4.78, 5) is 16.8. The van der Waals surface area contributed by atoms with E-state index in [1.165, 1.54) is 31.2 Å². The van der Waals surface area contributed by atoms with E-state index in [1.54, 1.807) is 0 Å². The van der Waals surface area contributed by atoms with Gasteiger partial charge in [-0.3, -0.25) is 0 Å². The lowest BCUT2D eigenvalue weighted by atomic mass is 10.1. The fourth-order valence-corrected chi connectivity index (χ4v) is 4.37. The summed E-state index contributed by atoms with van der Waals surface area (Å²) in [5, 5.41) is 13.2. The average molecular weight is 423 g/mol. The second-order valence-corrected chi connectivity index (χ2v) is 8.81. The van der Waals surface area contributed by atoms with Crippen molar-refractivity contribution in [2.24, 2.45) is 5.92 Å². The van der Waals surface area contributed by atoms with Crippen LogP contribution in [0.3, 0.4) is 0 Å². The van der Waals surface area contributed by atoms with E-state index in [4.69, 9.17) is 15.0 Å². The number of imidazole rings is 1. The van der Waals surface area contributed by atoms with Gasteiger partial charge in [0, 0.05) is 19.1 Å². The van der Waals surface area contributed by atoms with Gasteiger partial charge >= 0.3 is 0 Å². The first-order valence-corrected chi connectivity index (χ1v) is 11.5. The number of nitrogens with zero attached hydrogens (tertiary/aromatic N) is 5. The summed E-state index contributed by atoms with van der Waals surface area (Å²) < 4.78 is 2.23. The third-order valence-electron chi connectivity index (χ3n) is 6.33. The normalized spacial score (nSPS) is 15.6. The molecule has 0 spiro atoms. The van der Waals surface area contributed by atoms with Crippen LogP contribution in [0.2, 0.25) is 0 Å². The summed E-state index contributed by atoms with van der Waals surface area (Å²) >= 11 is 0. The maximum absolute atomic E-state index is 9.83. The Morgan fingerprint density at radius 1 is 1.16 bits per heavy atom. The molecule has 1 aromatic carbocycles. The molecule has 7 heteroatoms. The molecule has 0 amide bonds. The standard InChI is InChI=1S/C24H34N6O/c1-4-29(14-18-10-6-5-7-11-18)22-21-23(30(16-25-21)19-12-8-9-13-19)28-24(27-22)26-20(15-31)17(2)3/h5-7,10-11,16-17,19-20,31H,4,8-9,12-15H2,1-3H3,(H,26,27,28)/t20-/m0/s1. The molecule has 1 atom stereocenters. The van der Waals surface area contributed by atoms with Crippen molar-refractivity contribution in [3.05, 3.63) is 42.2 Å². The molecular formula is C24H34N6O. The summed E-state index contributed by atoms with van der Waals surface area (Å²) in [5.74, 6) is 1.66. The molecule has 4 rings (SSSR count). The van der Waals surface area contributed by atoms with E-state index in [-0.39, 0.29) is 18.6 Å². The van der Waals surface area contributed by atoms with E-state index in [9.17, 15) is 5.11 Å². The SMILES string of the molecule is CCN(Cc1ccccc1)c1nc(N[C@@H](CO)C(C)C)nc2c1ncn2C1CCCC1. The van der Waals surface area contributed by atoms with Crippen LogP contribution in [-0.2, 0) is 6.54 Å². The smallest absolute Gasteiger partial charge is 0.227 e. The maximum atomic E-state index is 9.83. The first kappa shape index (κ1) is 21.6. The van der Waals surface area contributed by atoms with E-state index in [2.05, 4.69) is 59.8 Å². The molecule has 1 aliphatic rings. The Labute approximate surface area is 184 Å². The zero-order valence-electron chi connectivity index (χ0n) is 18.8. The number of hydrogen-bond acceptors (Lipinski definition) is 6. The van der Waals surface area contributed by atoms with E-state index >= 15 is 0 Å². The zero-order valence-corrected chi connectivity index (χ0v) is 18.8. The maximum Gasteiger partial charge on any atom is 0.227 e. The molecular weight excluding hydrogens is 388 g/mol. The molecule has 0 aliphatic heterocycles. The van der Waals surface area contributed by atoms with Crippen molar-refractivity contribution < 1.29 is 5.11 Å². The number of benzene rings is 1. The van der Waals surface area contributed by atoms with Crippen LogP contribution in [0.15, 0.2) is 36.7 Å². The van der Waals surface area contributed by atoms with Crippen LogP contribution in [0.25, 0.3) is 11.2 Å². The number of aromatic nitrogens is 4. The lowest BCUT2D eigenvalue weighted by molar-refractivity contribution is 0.248. The van der Waals surface area contributed by atoms with Crippen LogP contribution in [0.4, 0.5) is 11.8 Å². The van der Waals surface area contributed by atoms with Crippen LogP contribution in [-0.4, -0.2) is 43.8 Å². The number of anilines is 2. The third-order valence-corrected chi connectivity index (χ3v) is 6.33. The molecule has 7 nitrogen and oxygen atoms in total. The minimum Gasteiger partial charge on any atom is -0.394 e. The monoisotopic (exact) mass is 422 g/mol. The molecule has 2 heterocycles. The van der Waals surface area contributed by atoms with E-state index < -0.39 is 0 Å². The van der Waals surface area contributed by atoms with Crippen molar-refractivity contribution in [2.75, 3.05) is 23.4 Å². The van der Waals surface area contributed by atoms with Gasteiger partial charge in [0.15, 0.2) is 17.0 Å². The molecule has 0 saturated heterocycles. The van der Waals surface area contributed by atoms with E-state index in [0.29, 0.717) is 12.0 Å². The van der Waals surface area contributed by atoms with Crippen molar-refractivity contribution in [1.82, 2.24) is 19.5 Å². The van der Waals surface area contributed by atoms with Gasteiger partial charge in [-0.1, -0.05) is 57.0 Å². The fourth-order valence-electron chi connectivity index (χ4n) is 4.37. The van der Waals surface area contributed by atoms with Gasteiger partial charge in [-0.25, -0.2) is 4.98 Å². The number of hydrogen-bond donors (Lipinski definition) is 2. The van der Waals surface area contributed by atoms with Gasteiger partial charge < -0.3 is 19.9 Å². The van der Waals surface area contributed by atoms with Crippen molar-refractivity contribution in [3.63, 3.8) is 0 Å². The highest BCUT2D eigenvalue weighted by Crippen LogP contribution is 2.34. The Morgan fingerprint density at radius 2 is 1.90 bits per heavy atom. The summed E-state index contributed by atoms with van der Waals surface area (Å²) in [6.07, 6.45) is 6.77. The van der Waals surface area contributed by atoms with Crippen LogP contribution >= 0.6 is 0 Å². The summed E-state index contributed by atoms with van der Waals surface area (Å²) in [6, 6.07) is 10.8. The molecule has 1 fully saturated rings. The summed E-state index contributed by atoms with van der Waals surface area (Å²) in [6.45, 7) is 7.92. The average Bonchev–Trinajstić information content (AvgIpc) is 3.45. The van der Waals surface area contributed by atoms with Gasteiger partial charge in [0.2, 0.25) is 5.95 Å². The molecule has 1 saturated carbocycles. The van der Waals surface area contributed by atoms with Gasteiger partial charge in [-0.05, 0) is 31.2 Å². The lowest BCUT2D eigenvalue weighted by Crippen LogP contribution is -2.31. The molecule has 0 bridgehead atoms. The number of fused-ring (bicyclic) bond motifs is 1. The fraction of sp³-hybridized carbons (Fsp3) is 0.542. The second kappa shape index (κ2) is 9.64.